The molecule has 0 aromatic carbocycles. The molecule has 0 heterocycles. The molecule has 0 bridgehead atoms. The molecule has 1 unspecified atom stereocenters. The van der Waals surface area contributed by atoms with Gasteiger partial charge in [-0.1, -0.05) is 34.6 Å². The van der Waals surface area contributed by atoms with E-state index in [0.717, 1.165) is 6.42 Å². The number of rotatable bonds is 3. The van der Waals surface area contributed by atoms with Crippen LogP contribution in [0.2, 0.25) is 0 Å². The van der Waals surface area contributed by atoms with E-state index >= 15 is 0 Å². The van der Waals surface area contributed by atoms with Gasteiger partial charge in [0, 0.05) is 0 Å². The van der Waals surface area contributed by atoms with Crippen LogP contribution in [0, 0.1) is 11.3 Å². The van der Waals surface area contributed by atoms with Crippen LogP contribution in [0.15, 0.2) is 0 Å². The minimum Gasteiger partial charge on any atom is -0.459 e. The fourth-order valence-electron chi connectivity index (χ4n) is 0.786. The molecule has 0 spiro atoms. The molecule has 0 radical (unpaired) electrons. The van der Waals surface area contributed by atoms with Crippen LogP contribution in [0.4, 0.5) is 0 Å². The van der Waals surface area contributed by atoms with Gasteiger partial charge in [0.2, 0.25) is 0 Å². The van der Waals surface area contributed by atoms with Crippen molar-refractivity contribution in [3.05, 3.63) is 0 Å². The summed E-state index contributed by atoms with van der Waals surface area (Å²) in [4.78, 5) is 11.7. The summed E-state index contributed by atoms with van der Waals surface area (Å²) in [7, 11) is 0. The molecule has 0 saturated heterocycles. The van der Waals surface area contributed by atoms with Crippen molar-refractivity contribution in [2.45, 2.75) is 60.5 Å². The van der Waals surface area contributed by atoms with Crippen LogP contribution in [0.25, 0.3) is 0 Å². The number of esters is 1. The predicted octanol–water partition coefficient (Wildman–Crippen LogP) is 3.40. The molecule has 0 fully saturated rings. The molecule has 0 aliphatic carbocycles. The maximum atomic E-state index is 11.7. The van der Waals surface area contributed by atoms with Crippen LogP contribution < -0.4 is 0 Å². The summed E-state index contributed by atoms with van der Waals surface area (Å²) >= 11 is 0. The van der Waals surface area contributed by atoms with E-state index in [2.05, 4.69) is 20.8 Å². The second kappa shape index (κ2) is 4.33. The molecular weight excluding hydrogens is 176 g/mol. The largest absolute Gasteiger partial charge is 0.459 e. The lowest BCUT2D eigenvalue weighted by Gasteiger charge is -2.30. The van der Waals surface area contributed by atoms with Crippen LogP contribution in [-0.4, -0.2) is 11.6 Å². The summed E-state index contributed by atoms with van der Waals surface area (Å²) in [6.45, 7) is 14.0. The molecule has 0 aromatic rings. The van der Waals surface area contributed by atoms with Gasteiger partial charge in [-0.25, -0.2) is 0 Å². The smallest absolute Gasteiger partial charge is 0.309 e. The third kappa shape index (κ3) is 4.12. The van der Waals surface area contributed by atoms with Gasteiger partial charge in [0.15, 0.2) is 0 Å². The Labute approximate surface area is 88.0 Å². The number of carbonyl (C=O) groups is 1. The Bertz CT molecular complexity index is 199. The van der Waals surface area contributed by atoms with Crippen molar-refractivity contribution >= 4 is 5.97 Å². The van der Waals surface area contributed by atoms with E-state index in [4.69, 9.17) is 4.74 Å². The molecule has 0 aromatic heterocycles. The van der Waals surface area contributed by atoms with E-state index < -0.39 is 0 Å². The molecule has 0 aliphatic rings. The summed E-state index contributed by atoms with van der Waals surface area (Å²) in [6.07, 6.45) is 0.843. The molecule has 0 aliphatic heterocycles. The van der Waals surface area contributed by atoms with E-state index in [1.54, 1.807) is 0 Å². The summed E-state index contributed by atoms with van der Waals surface area (Å²) in [5, 5.41) is 0. The van der Waals surface area contributed by atoms with Gasteiger partial charge in [-0.3, -0.25) is 4.79 Å². The van der Waals surface area contributed by atoms with Crippen LogP contribution in [0.5, 0.6) is 0 Å². The van der Waals surface area contributed by atoms with E-state index in [1.165, 1.54) is 0 Å². The van der Waals surface area contributed by atoms with Gasteiger partial charge in [0.25, 0.3) is 0 Å². The van der Waals surface area contributed by atoms with E-state index in [1.807, 2.05) is 27.7 Å². The van der Waals surface area contributed by atoms with Crippen molar-refractivity contribution in [2.75, 3.05) is 0 Å². The normalized spacial score (nSPS) is 15.1. The van der Waals surface area contributed by atoms with Gasteiger partial charge in [0.1, 0.15) is 5.60 Å². The van der Waals surface area contributed by atoms with Gasteiger partial charge < -0.3 is 4.74 Å². The molecule has 0 saturated carbocycles. The lowest BCUT2D eigenvalue weighted by atomic mass is 9.82. The monoisotopic (exact) mass is 200 g/mol. The highest BCUT2D eigenvalue weighted by molar-refractivity contribution is 5.73. The lowest BCUT2D eigenvalue weighted by molar-refractivity contribution is -0.164. The SMILES string of the molecule is CCC(C)(C)OC(=O)C(C)C(C)(C)C. The lowest BCUT2D eigenvalue weighted by Crippen LogP contribution is -2.34. The van der Waals surface area contributed by atoms with Crippen molar-refractivity contribution in [3.63, 3.8) is 0 Å². The van der Waals surface area contributed by atoms with Crippen LogP contribution in [0.3, 0.4) is 0 Å². The zero-order valence-electron chi connectivity index (χ0n) is 10.6. The fourth-order valence-corrected chi connectivity index (χ4v) is 0.786. The van der Waals surface area contributed by atoms with E-state index in [9.17, 15) is 4.79 Å². The number of hydrogen-bond donors (Lipinski definition) is 0. The molecule has 1 atom stereocenters. The minimum absolute atomic E-state index is 0.0269. The number of carbonyl (C=O) groups excluding carboxylic acids is 1. The topological polar surface area (TPSA) is 26.3 Å². The van der Waals surface area contributed by atoms with Crippen molar-refractivity contribution in [1.82, 2.24) is 0 Å². The first-order valence-electron chi connectivity index (χ1n) is 5.33. The van der Waals surface area contributed by atoms with Crippen LogP contribution >= 0.6 is 0 Å². The van der Waals surface area contributed by atoms with Crippen molar-refractivity contribution in [2.24, 2.45) is 11.3 Å². The van der Waals surface area contributed by atoms with Gasteiger partial charge in [-0.05, 0) is 25.7 Å². The Morgan fingerprint density at radius 2 is 1.64 bits per heavy atom. The summed E-state index contributed by atoms with van der Waals surface area (Å²) in [5.74, 6) is -0.155. The van der Waals surface area contributed by atoms with Crippen LogP contribution in [-0.2, 0) is 9.53 Å². The third-order valence-corrected chi connectivity index (χ3v) is 2.88. The van der Waals surface area contributed by atoms with Crippen molar-refractivity contribution in [1.29, 1.82) is 0 Å². The highest BCUT2D eigenvalue weighted by Crippen LogP contribution is 2.28. The predicted molar refractivity (Wildman–Crippen MR) is 59.1 cm³/mol. The Morgan fingerprint density at radius 3 is 1.93 bits per heavy atom. The highest BCUT2D eigenvalue weighted by Gasteiger charge is 2.31. The molecule has 84 valence electrons. The Morgan fingerprint density at radius 1 is 1.21 bits per heavy atom. The number of ether oxygens (including phenoxy) is 1. The summed E-state index contributed by atoms with van der Waals surface area (Å²) < 4.78 is 5.44. The molecule has 0 rings (SSSR count). The second-order valence-corrected chi connectivity index (χ2v) is 5.62. The second-order valence-electron chi connectivity index (χ2n) is 5.62. The molecule has 2 nitrogen and oxygen atoms in total. The number of hydrogen-bond acceptors (Lipinski definition) is 2. The highest BCUT2D eigenvalue weighted by atomic mass is 16.6. The van der Waals surface area contributed by atoms with Crippen molar-refractivity contribution in [3.8, 4) is 0 Å². The Hall–Kier alpha value is -0.530. The zero-order chi connectivity index (χ0) is 11.6. The molecule has 0 N–H and O–H groups in total. The zero-order valence-corrected chi connectivity index (χ0v) is 10.6. The quantitative estimate of drug-likeness (QED) is 0.653. The molecule has 0 amide bonds. The van der Waals surface area contributed by atoms with Gasteiger partial charge >= 0.3 is 5.97 Å². The minimum atomic E-state index is -0.337. The molecule has 14 heavy (non-hydrogen) atoms. The maximum Gasteiger partial charge on any atom is 0.309 e. The maximum absolute atomic E-state index is 11.7. The first kappa shape index (κ1) is 13.5. The van der Waals surface area contributed by atoms with Gasteiger partial charge in [0.05, 0.1) is 5.92 Å². The molecule has 2 heteroatoms. The summed E-state index contributed by atoms with van der Waals surface area (Å²) in [6, 6.07) is 0. The van der Waals surface area contributed by atoms with Gasteiger partial charge in [-0.15, -0.1) is 0 Å². The van der Waals surface area contributed by atoms with Crippen LogP contribution in [0.1, 0.15) is 54.9 Å². The fraction of sp³-hybridized carbons (Fsp3) is 0.917. The Kier molecular flexibility index (Phi) is 4.16. The van der Waals surface area contributed by atoms with Crippen molar-refractivity contribution < 1.29 is 9.53 Å². The average molecular weight is 200 g/mol. The first-order chi connectivity index (χ1) is 6.10. The Balaban J connectivity index is 4.37. The van der Waals surface area contributed by atoms with E-state index in [0.29, 0.717) is 0 Å². The summed E-state index contributed by atoms with van der Waals surface area (Å²) in [5.41, 5.74) is -0.364. The average Bonchev–Trinajstić information content (AvgIpc) is 2.00. The standard InChI is InChI=1S/C12H24O2/c1-8-12(6,7)14-10(13)9(2)11(3,4)5/h9H,8H2,1-7H3. The first-order valence-corrected chi connectivity index (χ1v) is 5.33. The molecular formula is C12H24O2. The third-order valence-electron chi connectivity index (χ3n) is 2.88. The van der Waals surface area contributed by atoms with Gasteiger partial charge in [-0.2, -0.15) is 0 Å². The van der Waals surface area contributed by atoms with E-state index in [-0.39, 0.29) is 22.9 Å².